The molecule has 0 saturated carbocycles. The third kappa shape index (κ3) is 4.26. The molecule has 6 heteroatoms. The van der Waals surface area contributed by atoms with Crippen molar-refractivity contribution >= 4 is 11.8 Å². The molecule has 4 rings (SSSR count). The van der Waals surface area contributed by atoms with Crippen molar-refractivity contribution < 1.29 is 18.7 Å². The lowest BCUT2D eigenvalue weighted by Crippen LogP contribution is -2.52. The summed E-state index contributed by atoms with van der Waals surface area (Å²) in [6.45, 7) is 0. The van der Waals surface area contributed by atoms with Crippen LogP contribution in [0.5, 0.6) is 5.75 Å². The fourth-order valence-electron chi connectivity index (χ4n) is 4.58. The highest BCUT2D eigenvalue weighted by atomic mass is 19.1. The number of hydrogen-bond donors (Lipinski definition) is 1. The SMILES string of the molecule is COc1ccc(CC(=O)N2[C@@H]3CC[C@H]2CC(NC(=O)c2ccc(F)cc2)C3)cc1. The van der Waals surface area contributed by atoms with E-state index in [1.165, 1.54) is 24.3 Å². The van der Waals surface area contributed by atoms with Gasteiger partial charge in [-0.2, -0.15) is 0 Å². The van der Waals surface area contributed by atoms with Crippen LogP contribution >= 0.6 is 0 Å². The van der Waals surface area contributed by atoms with E-state index < -0.39 is 0 Å². The van der Waals surface area contributed by atoms with E-state index in [1.54, 1.807) is 7.11 Å². The van der Waals surface area contributed by atoms with E-state index in [9.17, 15) is 14.0 Å². The van der Waals surface area contributed by atoms with E-state index in [0.717, 1.165) is 37.0 Å². The van der Waals surface area contributed by atoms with Crippen molar-refractivity contribution in [1.29, 1.82) is 0 Å². The molecule has 1 N–H and O–H groups in total. The van der Waals surface area contributed by atoms with Crippen molar-refractivity contribution in [3.8, 4) is 5.75 Å². The van der Waals surface area contributed by atoms with Crippen LogP contribution in [0, 0.1) is 5.82 Å². The zero-order chi connectivity index (χ0) is 20.4. The Kier molecular flexibility index (Phi) is 5.51. The predicted octanol–water partition coefficient (Wildman–Crippen LogP) is 3.33. The lowest BCUT2D eigenvalue weighted by molar-refractivity contribution is -0.135. The van der Waals surface area contributed by atoms with Crippen LogP contribution in [-0.4, -0.2) is 41.9 Å². The second-order valence-corrected chi connectivity index (χ2v) is 7.86. The van der Waals surface area contributed by atoms with Gasteiger partial charge in [0.25, 0.3) is 5.91 Å². The smallest absolute Gasteiger partial charge is 0.251 e. The predicted molar refractivity (Wildman–Crippen MR) is 107 cm³/mol. The van der Waals surface area contributed by atoms with Crippen LogP contribution in [0.3, 0.4) is 0 Å². The van der Waals surface area contributed by atoms with Crippen molar-refractivity contribution in [2.24, 2.45) is 0 Å². The van der Waals surface area contributed by atoms with E-state index >= 15 is 0 Å². The molecule has 0 spiro atoms. The first-order valence-electron chi connectivity index (χ1n) is 10.0. The number of benzene rings is 2. The topological polar surface area (TPSA) is 58.6 Å². The summed E-state index contributed by atoms with van der Waals surface area (Å²) in [7, 11) is 1.62. The van der Waals surface area contributed by atoms with Gasteiger partial charge in [-0.1, -0.05) is 12.1 Å². The van der Waals surface area contributed by atoms with Gasteiger partial charge in [0.15, 0.2) is 0 Å². The molecule has 5 nitrogen and oxygen atoms in total. The number of methoxy groups -OCH3 is 1. The molecule has 0 aromatic heterocycles. The average molecular weight is 396 g/mol. The number of rotatable bonds is 5. The molecule has 2 aliphatic rings. The summed E-state index contributed by atoms with van der Waals surface area (Å²) < 4.78 is 18.2. The molecule has 3 atom stereocenters. The molecule has 0 aliphatic carbocycles. The number of hydrogen-bond acceptors (Lipinski definition) is 3. The lowest BCUT2D eigenvalue weighted by atomic mass is 9.96. The summed E-state index contributed by atoms with van der Waals surface area (Å²) in [5, 5.41) is 3.06. The van der Waals surface area contributed by atoms with Crippen LogP contribution in [0.2, 0.25) is 0 Å². The Hall–Kier alpha value is -2.89. The van der Waals surface area contributed by atoms with Crippen LogP contribution < -0.4 is 10.1 Å². The third-order valence-electron chi connectivity index (χ3n) is 5.98. The minimum absolute atomic E-state index is 0.0371. The van der Waals surface area contributed by atoms with Gasteiger partial charge in [0, 0.05) is 23.7 Å². The number of halogens is 1. The molecule has 2 bridgehead atoms. The molecule has 29 heavy (non-hydrogen) atoms. The number of carbonyl (C=O) groups is 2. The number of nitrogens with one attached hydrogen (secondary N) is 1. The lowest BCUT2D eigenvalue weighted by Gasteiger charge is -2.39. The van der Waals surface area contributed by atoms with Crippen molar-refractivity contribution in [3.63, 3.8) is 0 Å². The zero-order valence-corrected chi connectivity index (χ0v) is 16.4. The molecular weight excluding hydrogens is 371 g/mol. The molecule has 2 aliphatic heterocycles. The fourth-order valence-corrected chi connectivity index (χ4v) is 4.58. The van der Waals surface area contributed by atoms with Crippen molar-refractivity contribution in [2.75, 3.05) is 7.11 Å². The van der Waals surface area contributed by atoms with Crippen LogP contribution in [0.4, 0.5) is 4.39 Å². The monoisotopic (exact) mass is 396 g/mol. The zero-order valence-electron chi connectivity index (χ0n) is 16.4. The summed E-state index contributed by atoms with van der Waals surface area (Å²) in [5.41, 5.74) is 1.43. The molecule has 2 saturated heterocycles. The second kappa shape index (κ2) is 8.23. The van der Waals surface area contributed by atoms with Gasteiger partial charge in [-0.05, 0) is 67.6 Å². The largest absolute Gasteiger partial charge is 0.497 e. The van der Waals surface area contributed by atoms with Crippen LogP contribution in [0.25, 0.3) is 0 Å². The molecule has 2 fully saturated rings. The van der Waals surface area contributed by atoms with Crippen LogP contribution in [-0.2, 0) is 11.2 Å². The van der Waals surface area contributed by atoms with E-state index in [-0.39, 0.29) is 35.8 Å². The maximum atomic E-state index is 13.1. The first-order chi connectivity index (χ1) is 14.0. The van der Waals surface area contributed by atoms with Gasteiger partial charge in [0.05, 0.1) is 13.5 Å². The maximum absolute atomic E-state index is 13.1. The van der Waals surface area contributed by atoms with Gasteiger partial charge in [-0.15, -0.1) is 0 Å². The van der Waals surface area contributed by atoms with Crippen molar-refractivity contribution in [3.05, 3.63) is 65.5 Å². The Morgan fingerprint density at radius 1 is 1.03 bits per heavy atom. The number of fused-ring (bicyclic) bond motifs is 2. The molecular formula is C23H25FN2O3. The standard InChI is InChI=1S/C23H25FN2O3/c1-29-21-10-2-15(3-11-21)12-22(27)26-19-8-9-20(26)14-18(13-19)25-23(28)16-4-6-17(24)7-5-16/h2-7,10-11,18-20H,8-9,12-14H2,1H3,(H,25,28)/t18?,19-,20+. The third-order valence-corrected chi connectivity index (χ3v) is 5.98. The number of nitrogens with zero attached hydrogens (tertiary/aromatic N) is 1. The molecule has 2 amide bonds. The Labute approximate surface area is 169 Å². The van der Waals surface area contributed by atoms with E-state index in [0.29, 0.717) is 12.0 Å². The first-order valence-corrected chi connectivity index (χ1v) is 10.0. The highest BCUT2D eigenvalue weighted by molar-refractivity contribution is 5.94. The number of amides is 2. The summed E-state index contributed by atoms with van der Waals surface area (Å²) in [4.78, 5) is 27.4. The normalized spacial score (nSPS) is 23.0. The summed E-state index contributed by atoms with van der Waals surface area (Å²) in [6.07, 6.45) is 3.85. The van der Waals surface area contributed by atoms with E-state index in [1.807, 2.05) is 29.2 Å². The highest BCUT2D eigenvalue weighted by Gasteiger charge is 2.43. The van der Waals surface area contributed by atoms with E-state index in [4.69, 9.17) is 4.74 Å². The van der Waals surface area contributed by atoms with Crippen molar-refractivity contribution in [2.45, 2.75) is 50.2 Å². The maximum Gasteiger partial charge on any atom is 0.251 e. The van der Waals surface area contributed by atoms with Gasteiger partial charge < -0.3 is 15.0 Å². The minimum atomic E-state index is -0.358. The Balaban J connectivity index is 1.36. The number of carbonyl (C=O) groups excluding carboxylic acids is 2. The number of piperidine rings is 1. The molecule has 2 aromatic carbocycles. The minimum Gasteiger partial charge on any atom is -0.497 e. The van der Waals surface area contributed by atoms with Gasteiger partial charge in [0.2, 0.25) is 5.91 Å². The van der Waals surface area contributed by atoms with Crippen LogP contribution in [0.15, 0.2) is 48.5 Å². The summed E-state index contributed by atoms with van der Waals surface area (Å²) in [6, 6.07) is 13.5. The van der Waals surface area contributed by atoms with E-state index in [2.05, 4.69) is 5.32 Å². The van der Waals surface area contributed by atoms with Crippen molar-refractivity contribution in [1.82, 2.24) is 10.2 Å². The molecule has 2 aromatic rings. The fraction of sp³-hybridized carbons (Fsp3) is 0.391. The molecule has 0 radical (unpaired) electrons. The Bertz CT molecular complexity index is 868. The van der Waals surface area contributed by atoms with Gasteiger partial charge in [-0.25, -0.2) is 4.39 Å². The molecule has 2 heterocycles. The highest BCUT2D eigenvalue weighted by Crippen LogP contribution is 2.36. The quantitative estimate of drug-likeness (QED) is 0.843. The molecule has 152 valence electrons. The Morgan fingerprint density at radius 3 is 2.24 bits per heavy atom. The van der Waals surface area contributed by atoms with Crippen LogP contribution in [0.1, 0.15) is 41.6 Å². The Morgan fingerprint density at radius 2 is 1.66 bits per heavy atom. The molecule has 1 unspecified atom stereocenters. The van der Waals surface area contributed by atoms with Gasteiger partial charge in [0.1, 0.15) is 11.6 Å². The number of ether oxygens (including phenoxy) is 1. The average Bonchev–Trinajstić information content (AvgIpc) is 3.00. The van der Waals surface area contributed by atoms with Gasteiger partial charge >= 0.3 is 0 Å². The summed E-state index contributed by atoms with van der Waals surface area (Å²) >= 11 is 0. The van der Waals surface area contributed by atoms with Gasteiger partial charge in [-0.3, -0.25) is 9.59 Å². The first kappa shape index (κ1) is 19.4. The second-order valence-electron chi connectivity index (χ2n) is 7.86. The summed E-state index contributed by atoms with van der Waals surface area (Å²) in [5.74, 6) is 0.376.